The van der Waals surface area contributed by atoms with Crippen LogP contribution in [0.5, 0.6) is 0 Å². The van der Waals surface area contributed by atoms with E-state index in [1.165, 1.54) is 4.90 Å². The van der Waals surface area contributed by atoms with E-state index in [1.54, 1.807) is 16.7 Å². The first kappa shape index (κ1) is 21.6. The van der Waals surface area contributed by atoms with Crippen LogP contribution >= 0.6 is 23.4 Å². The topological polar surface area (TPSA) is 66.3 Å². The number of fused-ring (bicyclic) bond motifs is 1. The van der Waals surface area contributed by atoms with Gasteiger partial charge < -0.3 is 24.8 Å². The molecule has 0 bridgehead atoms. The molecule has 7 nitrogen and oxygen atoms in total. The molecule has 2 N–H and O–H groups in total. The van der Waals surface area contributed by atoms with Gasteiger partial charge in [-0.1, -0.05) is 23.4 Å². The van der Waals surface area contributed by atoms with Gasteiger partial charge in [0.05, 0.1) is 45.1 Å². The minimum Gasteiger partial charge on any atom is -0.378 e. The molecule has 3 aliphatic rings. The fourth-order valence-corrected chi connectivity index (χ4v) is 5.76. The molecule has 1 unspecified atom stereocenters. The average Bonchev–Trinajstić information content (AvgIpc) is 2.84. The summed E-state index contributed by atoms with van der Waals surface area (Å²) in [6.45, 7) is 5.89. The van der Waals surface area contributed by atoms with E-state index >= 15 is 0 Å². The Morgan fingerprint density at radius 1 is 1.06 bits per heavy atom. The van der Waals surface area contributed by atoms with E-state index in [0.717, 1.165) is 47.5 Å². The van der Waals surface area contributed by atoms with Gasteiger partial charge in [-0.05, 0) is 42.5 Å². The fourth-order valence-electron chi connectivity index (χ4n) is 4.43. The Hall–Kier alpha value is -2.26. The zero-order chi connectivity index (χ0) is 22.1. The van der Waals surface area contributed by atoms with E-state index in [9.17, 15) is 9.59 Å². The van der Waals surface area contributed by atoms with Crippen molar-refractivity contribution < 1.29 is 19.2 Å². The molecule has 0 saturated carbocycles. The van der Waals surface area contributed by atoms with Crippen molar-refractivity contribution >= 4 is 46.6 Å². The number of thioether (sulfide) groups is 1. The minimum absolute atomic E-state index is 0.00779. The number of carbonyl (C=O) groups is 2. The summed E-state index contributed by atoms with van der Waals surface area (Å²) in [4.78, 5) is 32.1. The molecule has 9 heteroatoms. The highest BCUT2D eigenvalue weighted by atomic mass is 35.5. The molecule has 0 aromatic heterocycles. The molecule has 5 rings (SSSR count). The second-order valence-electron chi connectivity index (χ2n) is 8.22. The lowest BCUT2D eigenvalue weighted by Crippen LogP contribution is -3.19. The Kier molecular flexibility index (Phi) is 6.28. The van der Waals surface area contributed by atoms with Crippen LogP contribution in [0.3, 0.4) is 0 Å². The second-order valence-corrected chi connectivity index (χ2v) is 9.81. The van der Waals surface area contributed by atoms with Crippen LogP contribution in [0.15, 0.2) is 47.4 Å². The van der Waals surface area contributed by atoms with E-state index in [-0.39, 0.29) is 17.2 Å². The monoisotopic (exact) mass is 473 g/mol. The van der Waals surface area contributed by atoms with Gasteiger partial charge in [0.25, 0.3) is 11.8 Å². The number of morpholine rings is 1. The molecule has 3 aliphatic heterocycles. The molecule has 2 amide bonds. The molecule has 0 spiro atoms. The average molecular weight is 474 g/mol. The summed E-state index contributed by atoms with van der Waals surface area (Å²) < 4.78 is 5.33. The predicted molar refractivity (Wildman–Crippen MR) is 126 cm³/mol. The number of anilines is 2. The summed E-state index contributed by atoms with van der Waals surface area (Å²) in [6, 6.07) is 13.5. The summed E-state index contributed by atoms with van der Waals surface area (Å²) in [7, 11) is 0. The van der Waals surface area contributed by atoms with Crippen LogP contribution in [-0.2, 0) is 9.53 Å². The van der Waals surface area contributed by atoms with Gasteiger partial charge in [-0.2, -0.15) is 0 Å². The van der Waals surface area contributed by atoms with Crippen molar-refractivity contribution in [1.29, 1.82) is 0 Å². The summed E-state index contributed by atoms with van der Waals surface area (Å²) in [5.41, 5.74) is 2.50. The molecular weight excluding hydrogens is 448 g/mol. The highest BCUT2D eigenvalue weighted by Gasteiger charge is 2.37. The standard InChI is InChI=1S/C23H25ClN4O3S/c24-17-2-4-18(5-3-17)26-7-9-28(10-8-26)23-21(29)25-19-15-16(1-6-20(19)32-23)22(30)27-11-13-31-14-12-27/h1-6,15,23H,7-14H2,(H,25,29)/p+1. The Morgan fingerprint density at radius 2 is 1.78 bits per heavy atom. The van der Waals surface area contributed by atoms with Gasteiger partial charge in [-0.25, -0.2) is 0 Å². The van der Waals surface area contributed by atoms with Crippen molar-refractivity contribution in [3.63, 3.8) is 0 Å². The second kappa shape index (κ2) is 9.31. The first-order chi connectivity index (χ1) is 15.6. The Labute approximate surface area is 196 Å². The van der Waals surface area contributed by atoms with E-state index < -0.39 is 0 Å². The van der Waals surface area contributed by atoms with E-state index in [1.807, 2.05) is 42.5 Å². The van der Waals surface area contributed by atoms with Crippen LogP contribution in [-0.4, -0.2) is 74.6 Å². The third-order valence-electron chi connectivity index (χ3n) is 6.23. The van der Waals surface area contributed by atoms with Crippen molar-refractivity contribution in [2.24, 2.45) is 0 Å². The Bertz CT molecular complexity index is 1000. The van der Waals surface area contributed by atoms with Gasteiger partial charge in [-0.15, -0.1) is 0 Å². The van der Waals surface area contributed by atoms with E-state index in [4.69, 9.17) is 16.3 Å². The van der Waals surface area contributed by atoms with Gasteiger partial charge in [0.2, 0.25) is 5.37 Å². The van der Waals surface area contributed by atoms with Gasteiger partial charge >= 0.3 is 0 Å². The number of nitrogens with zero attached hydrogens (tertiary/aromatic N) is 2. The van der Waals surface area contributed by atoms with Gasteiger partial charge in [0, 0.05) is 34.3 Å². The lowest BCUT2D eigenvalue weighted by atomic mass is 10.1. The van der Waals surface area contributed by atoms with Crippen LogP contribution in [0.1, 0.15) is 10.4 Å². The number of benzene rings is 2. The number of hydrogen-bond donors (Lipinski definition) is 2. The van der Waals surface area contributed by atoms with Crippen molar-refractivity contribution in [1.82, 2.24) is 4.90 Å². The lowest BCUT2D eigenvalue weighted by molar-refractivity contribution is -0.902. The first-order valence-corrected chi connectivity index (χ1v) is 12.2. The van der Waals surface area contributed by atoms with Crippen molar-refractivity contribution in [2.45, 2.75) is 10.3 Å². The van der Waals surface area contributed by atoms with Crippen LogP contribution < -0.4 is 15.1 Å². The molecule has 2 aromatic carbocycles. The number of quaternary nitrogens is 1. The van der Waals surface area contributed by atoms with Crippen LogP contribution in [0.4, 0.5) is 11.4 Å². The molecule has 0 radical (unpaired) electrons. The number of rotatable bonds is 3. The SMILES string of the molecule is O=C1Nc2cc(C(=O)N3CCOCC3)ccc2SC1[NH+]1CCN(c2ccc(Cl)cc2)CC1. The summed E-state index contributed by atoms with van der Waals surface area (Å²) in [5, 5.41) is 3.60. The molecule has 2 fully saturated rings. The molecule has 168 valence electrons. The fraction of sp³-hybridized carbons (Fsp3) is 0.391. The zero-order valence-electron chi connectivity index (χ0n) is 17.7. The number of carbonyl (C=O) groups excluding carboxylic acids is 2. The van der Waals surface area contributed by atoms with E-state index in [2.05, 4.69) is 10.2 Å². The lowest BCUT2D eigenvalue weighted by Gasteiger charge is -2.38. The van der Waals surface area contributed by atoms with Gasteiger partial charge in [0.15, 0.2) is 0 Å². The van der Waals surface area contributed by atoms with Gasteiger partial charge in [-0.3, -0.25) is 9.59 Å². The molecule has 3 heterocycles. The van der Waals surface area contributed by atoms with Crippen molar-refractivity contribution in [2.75, 3.05) is 62.7 Å². The molecule has 2 saturated heterocycles. The number of piperazine rings is 1. The molecule has 2 aromatic rings. The maximum Gasteiger partial charge on any atom is 0.294 e. The third-order valence-corrected chi connectivity index (χ3v) is 7.88. The smallest absolute Gasteiger partial charge is 0.294 e. The summed E-state index contributed by atoms with van der Waals surface area (Å²) in [6.07, 6.45) is 0. The number of nitrogens with one attached hydrogen (secondary N) is 2. The number of ether oxygens (including phenoxy) is 1. The van der Waals surface area contributed by atoms with Crippen molar-refractivity contribution in [3.8, 4) is 0 Å². The maximum atomic E-state index is 12.9. The highest BCUT2D eigenvalue weighted by molar-refractivity contribution is 8.00. The third kappa shape index (κ3) is 4.45. The molecule has 0 aliphatic carbocycles. The van der Waals surface area contributed by atoms with Crippen LogP contribution in [0.25, 0.3) is 0 Å². The largest absolute Gasteiger partial charge is 0.378 e. The van der Waals surface area contributed by atoms with E-state index in [0.29, 0.717) is 31.9 Å². The minimum atomic E-state index is -0.185. The number of halogens is 1. The molecule has 32 heavy (non-hydrogen) atoms. The number of amides is 2. The summed E-state index contributed by atoms with van der Waals surface area (Å²) in [5.74, 6) is -0.00478. The molecular formula is C23H26ClN4O3S+. The quantitative estimate of drug-likeness (QED) is 0.708. The Balaban J connectivity index is 1.24. The maximum absolute atomic E-state index is 12.9. The Morgan fingerprint density at radius 3 is 2.50 bits per heavy atom. The highest BCUT2D eigenvalue weighted by Crippen LogP contribution is 2.34. The normalized spacial score (nSPS) is 21.8. The number of hydrogen-bond acceptors (Lipinski definition) is 5. The molecule has 1 atom stereocenters. The first-order valence-electron chi connectivity index (χ1n) is 10.9. The van der Waals surface area contributed by atoms with Gasteiger partial charge in [0.1, 0.15) is 0 Å². The van der Waals surface area contributed by atoms with Crippen molar-refractivity contribution in [3.05, 3.63) is 53.1 Å². The van der Waals surface area contributed by atoms with Crippen LogP contribution in [0.2, 0.25) is 5.02 Å². The predicted octanol–water partition coefficient (Wildman–Crippen LogP) is 1.59. The zero-order valence-corrected chi connectivity index (χ0v) is 19.3. The summed E-state index contributed by atoms with van der Waals surface area (Å²) >= 11 is 7.60. The van der Waals surface area contributed by atoms with Crippen LogP contribution in [0, 0.1) is 0 Å².